The first-order valence-corrected chi connectivity index (χ1v) is 14.3. The van der Waals surface area contributed by atoms with Crippen LogP contribution in [0, 0.1) is 0 Å². The Morgan fingerprint density at radius 2 is 1.56 bits per heavy atom. The molecule has 1 aliphatic carbocycles. The summed E-state index contributed by atoms with van der Waals surface area (Å²) in [4.78, 5) is 14.6. The highest BCUT2D eigenvalue weighted by Gasteiger charge is 2.46. The van der Waals surface area contributed by atoms with Gasteiger partial charge >= 0.3 is 0 Å². The zero-order valence-corrected chi connectivity index (χ0v) is 21.3. The number of anilines is 1. The van der Waals surface area contributed by atoms with E-state index in [-0.39, 0.29) is 27.6 Å². The Balaban J connectivity index is 1.38. The zero-order chi connectivity index (χ0) is 24.1. The van der Waals surface area contributed by atoms with Crippen LogP contribution < -0.4 is 10.1 Å². The van der Waals surface area contributed by atoms with Gasteiger partial charge in [-0.25, -0.2) is 0 Å². The topological polar surface area (TPSA) is 55.4 Å². The van der Waals surface area contributed by atoms with Gasteiger partial charge in [0.2, 0.25) is 5.91 Å². The van der Waals surface area contributed by atoms with Crippen LogP contribution in [-0.4, -0.2) is 28.3 Å². The number of hydrogen-bond donors (Lipinski definition) is 1. The number of benzene rings is 3. The molecule has 2 unspecified atom stereocenters. The van der Waals surface area contributed by atoms with Gasteiger partial charge < -0.3 is 10.1 Å². The van der Waals surface area contributed by atoms with Crippen molar-refractivity contribution in [2.75, 3.05) is 17.7 Å². The maximum atomic E-state index is 12.5. The van der Waals surface area contributed by atoms with Gasteiger partial charge in [0.25, 0.3) is 0 Å². The highest BCUT2D eigenvalue weighted by atomic mass is 32.2. The average molecular weight is 494 g/mol. The van der Waals surface area contributed by atoms with E-state index < -0.39 is 10.8 Å². The lowest BCUT2D eigenvalue weighted by Gasteiger charge is -2.21. The lowest BCUT2D eigenvalue weighted by molar-refractivity contribution is -0.115. The van der Waals surface area contributed by atoms with E-state index in [1.807, 2.05) is 62.4 Å². The van der Waals surface area contributed by atoms with E-state index in [1.165, 1.54) is 10.5 Å². The van der Waals surface area contributed by atoms with E-state index in [0.29, 0.717) is 12.4 Å². The van der Waals surface area contributed by atoms with E-state index in [1.54, 1.807) is 0 Å². The van der Waals surface area contributed by atoms with Crippen molar-refractivity contribution in [3.63, 3.8) is 0 Å². The molecule has 0 aliphatic heterocycles. The molecule has 0 bridgehead atoms. The van der Waals surface area contributed by atoms with Crippen LogP contribution in [0.2, 0.25) is 0 Å². The summed E-state index contributed by atoms with van der Waals surface area (Å²) in [5.74, 6) is 5.95. The third kappa shape index (κ3) is 5.50. The maximum Gasteiger partial charge on any atom is 0.228 e. The number of nitrogens with one attached hydrogen (secondary N) is 1. The van der Waals surface area contributed by atoms with Crippen LogP contribution in [0.5, 0.6) is 5.75 Å². The third-order valence-corrected chi connectivity index (χ3v) is 9.85. The molecule has 178 valence electrons. The minimum atomic E-state index is -0.976. The van der Waals surface area contributed by atoms with E-state index >= 15 is 0 Å². The minimum Gasteiger partial charge on any atom is -0.494 e. The Kier molecular flexibility index (Phi) is 7.69. The quantitative estimate of drug-likeness (QED) is 0.345. The SMILES string of the molecule is C=S(c1ccc(OCC)cc1)C1(c2ccc(NC(=O)Cc3ccc(S(=O)CC)cc3)cc2)CC1. The summed E-state index contributed by atoms with van der Waals surface area (Å²) in [6.07, 6.45) is 2.53. The van der Waals surface area contributed by atoms with Gasteiger partial charge in [0.15, 0.2) is 0 Å². The summed E-state index contributed by atoms with van der Waals surface area (Å²) in [6.45, 7) is 4.54. The summed E-state index contributed by atoms with van der Waals surface area (Å²) in [5.41, 5.74) is 2.97. The molecule has 3 aromatic rings. The van der Waals surface area contributed by atoms with Crippen LogP contribution >= 0.6 is 10.5 Å². The number of rotatable bonds is 10. The minimum absolute atomic E-state index is 0.0652. The van der Waals surface area contributed by atoms with Crippen molar-refractivity contribution in [1.82, 2.24) is 0 Å². The molecule has 1 saturated carbocycles. The van der Waals surface area contributed by atoms with Crippen molar-refractivity contribution in [2.45, 2.75) is 47.6 Å². The van der Waals surface area contributed by atoms with Gasteiger partial charge in [0.05, 0.1) is 23.8 Å². The summed E-state index contributed by atoms with van der Waals surface area (Å²) in [6, 6.07) is 23.9. The molecule has 0 spiro atoms. The van der Waals surface area contributed by atoms with E-state index in [2.05, 4.69) is 35.5 Å². The first kappa shape index (κ1) is 24.4. The Labute approximate surface area is 207 Å². The first-order valence-electron chi connectivity index (χ1n) is 11.6. The van der Waals surface area contributed by atoms with E-state index in [9.17, 15) is 9.00 Å². The van der Waals surface area contributed by atoms with Crippen LogP contribution in [0.3, 0.4) is 0 Å². The number of ether oxygens (including phenoxy) is 1. The fraction of sp³-hybridized carbons (Fsp3) is 0.286. The smallest absolute Gasteiger partial charge is 0.228 e. The standard InChI is InChI=1S/C28H31NO3S2/c1-4-32-24-12-16-25(17-13-24)33(3)28(18-19-28)22-8-10-23(11-9-22)29-27(30)20-21-6-14-26(15-7-21)34(31)5-2/h6-17H,3-5,18-20H2,1-2H3,(H,29,30). The molecule has 1 amide bonds. The number of carbonyl (C=O) groups excluding carboxylic acids is 1. The van der Waals surface area contributed by atoms with Gasteiger partial charge in [-0.2, -0.15) is 10.5 Å². The second kappa shape index (κ2) is 10.7. The molecule has 2 atom stereocenters. The molecular weight excluding hydrogens is 462 g/mol. The van der Waals surface area contributed by atoms with Crippen LogP contribution in [0.25, 0.3) is 0 Å². The van der Waals surface area contributed by atoms with Gasteiger partial charge in [-0.15, -0.1) is 0 Å². The Bertz CT molecular complexity index is 1180. The van der Waals surface area contributed by atoms with Gasteiger partial charge in [-0.3, -0.25) is 9.00 Å². The normalized spacial score (nSPS) is 15.8. The van der Waals surface area contributed by atoms with Crippen LogP contribution in [0.15, 0.2) is 82.6 Å². The van der Waals surface area contributed by atoms with E-state index in [4.69, 9.17) is 4.74 Å². The van der Waals surface area contributed by atoms with Crippen LogP contribution in [0.4, 0.5) is 5.69 Å². The second-order valence-electron chi connectivity index (χ2n) is 8.37. The molecule has 6 heteroatoms. The first-order chi connectivity index (χ1) is 16.4. The van der Waals surface area contributed by atoms with Crippen molar-refractivity contribution in [3.05, 3.63) is 83.9 Å². The fourth-order valence-electron chi connectivity index (χ4n) is 4.06. The Morgan fingerprint density at radius 3 is 2.12 bits per heavy atom. The van der Waals surface area contributed by atoms with Gasteiger partial charge in [-0.05, 0) is 79.4 Å². The van der Waals surface area contributed by atoms with Crippen molar-refractivity contribution in [2.24, 2.45) is 0 Å². The molecule has 34 heavy (non-hydrogen) atoms. The molecule has 1 aliphatic rings. The van der Waals surface area contributed by atoms with E-state index in [0.717, 1.165) is 34.7 Å². The molecule has 3 aromatic carbocycles. The maximum absolute atomic E-state index is 12.5. The molecule has 1 fully saturated rings. The lowest BCUT2D eigenvalue weighted by atomic mass is 10.1. The molecule has 1 N–H and O–H groups in total. The molecule has 0 radical (unpaired) electrons. The molecular formula is C28H31NO3S2. The fourth-order valence-corrected chi connectivity index (χ4v) is 6.76. The highest BCUT2D eigenvalue weighted by molar-refractivity contribution is 8.15. The van der Waals surface area contributed by atoms with Gasteiger partial charge in [0.1, 0.15) is 5.75 Å². The third-order valence-electron chi connectivity index (χ3n) is 6.10. The summed E-state index contributed by atoms with van der Waals surface area (Å²) >= 11 is 0. The van der Waals surface area contributed by atoms with Gasteiger partial charge in [-0.1, -0.05) is 37.1 Å². The number of carbonyl (C=O) groups is 1. The summed E-state index contributed by atoms with van der Waals surface area (Å²) in [5, 5.41) is 2.99. The van der Waals surface area contributed by atoms with Crippen molar-refractivity contribution >= 4 is 38.7 Å². The largest absolute Gasteiger partial charge is 0.494 e. The number of amides is 1. The predicted octanol–water partition coefficient (Wildman–Crippen LogP) is 6.14. The van der Waals surface area contributed by atoms with Crippen molar-refractivity contribution in [1.29, 1.82) is 0 Å². The monoisotopic (exact) mass is 493 g/mol. The Hall–Kier alpha value is -2.70. The molecule has 0 saturated heterocycles. The molecule has 4 nitrogen and oxygen atoms in total. The average Bonchev–Trinajstić information content (AvgIpc) is 3.67. The summed E-state index contributed by atoms with van der Waals surface area (Å²) < 4.78 is 17.5. The van der Waals surface area contributed by atoms with Gasteiger partial charge in [0, 0.05) is 26.0 Å². The number of hydrogen-bond acceptors (Lipinski definition) is 3. The second-order valence-corrected chi connectivity index (χ2v) is 12.1. The molecule has 0 aromatic heterocycles. The predicted molar refractivity (Wildman–Crippen MR) is 144 cm³/mol. The Morgan fingerprint density at radius 1 is 0.941 bits per heavy atom. The zero-order valence-electron chi connectivity index (χ0n) is 19.7. The van der Waals surface area contributed by atoms with Crippen LogP contribution in [0.1, 0.15) is 37.8 Å². The summed E-state index contributed by atoms with van der Waals surface area (Å²) in [7, 11) is -1.14. The molecule has 4 rings (SSSR count). The van der Waals surface area contributed by atoms with Crippen LogP contribution in [-0.2, 0) is 26.8 Å². The molecule has 0 heterocycles. The van der Waals surface area contributed by atoms with Crippen molar-refractivity contribution in [3.8, 4) is 5.75 Å². The van der Waals surface area contributed by atoms with Crippen molar-refractivity contribution < 1.29 is 13.7 Å². The highest BCUT2D eigenvalue weighted by Crippen LogP contribution is 2.62. The lowest BCUT2D eigenvalue weighted by Crippen LogP contribution is -2.14.